The highest BCUT2D eigenvalue weighted by Crippen LogP contribution is 2.25. The molecule has 3 heterocycles. The van der Waals surface area contributed by atoms with Gasteiger partial charge in [-0.1, -0.05) is 0 Å². The van der Waals surface area contributed by atoms with Crippen molar-refractivity contribution in [2.75, 3.05) is 25.5 Å². The van der Waals surface area contributed by atoms with Crippen molar-refractivity contribution >= 4 is 17.0 Å². The maximum Gasteiger partial charge on any atom is 0.213 e. The average Bonchev–Trinajstić information content (AvgIpc) is 2.98. The minimum atomic E-state index is 0.226. The van der Waals surface area contributed by atoms with E-state index in [0.29, 0.717) is 5.88 Å². The Morgan fingerprint density at radius 1 is 1.26 bits per heavy atom. The van der Waals surface area contributed by atoms with E-state index in [1.165, 1.54) is 4.88 Å². The number of nitrogens with one attached hydrogen (secondary N) is 1. The molecule has 0 amide bonds. The lowest BCUT2D eigenvalue weighted by atomic mass is 10.1. The first kappa shape index (κ1) is 16.2. The predicted molar refractivity (Wildman–Crippen MR) is 94.3 cm³/mol. The van der Waals surface area contributed by atoms with Gasteiger partial charge in [-0.15, -0.1) is 11.3 Å². The standard InChI is InChI=1S/C17H24N4OS/c1-12(16-11-18-13(2)23-16)20-14-4-5-17(19-10-14)22-15-6-8-21(3)9-7-15/h4-5,10-12,15,20H,6-9H2,1-3H3/t12-/m1/s1. The minimum absolute atomic E-state index is 0.226. The largest absolute Gasteiger partial charge is 0.474 e. The fourth-order valence-corrected chi connectivity index (χ4v) is 3.50. The second-order valence-corrected chi connectivity index (χ2v) is 7.42. The molecule has 0 aliphatic carbocycles. The first-order chi connectivity index (χ1) is 11.1. The van der Waals surface area contributed by atoms with Crippen LogP contribution in [0.3, 0.4) is 0 Å². The predicted octanol–water partition coefficient (Wildman–Crippen LogP) is 3.49. The highest BCUT2D eigenvalue weighted by molar-refractivity contribution is 7.11. The molecule has 2 aromatic rings. The van der Waals surface area contributed by atoms with Gasteiger partial charge >= 0.3 is 0 Å². The Morgan fingerprint density at radius 2 is 2.04 bits per heavy atom. The highest BCUT2D eigenvalue weighted by Gasteiger charge is 2.18. The number of hydrogen-bond acceptors (Lipinski definition) is 6. The molecular weight excluding hydrogens is 308 g/mol. The molecule has 0 aromatic carbocycles. The van der Waals surface area contributed by atoms with E-state index in [-0.39, 0.29) is 12.1 Å². The highest BCUT2D eigenvalue weighted by atomic mass is 32.1. The molecule has 1 atom stereocenters. The van der Waals surface area contributed by atoms with Gasteiger partial charge in [0.15, 0.2) is 0 Å². The topological polar surface area (TPSA) is 50.3 Å². The molecule has 3 rings (SSSR count). The lowest BCUT2D eigenvalue weighted by Crippen LogP contribution is -2.35. The van der Waals surface area contributed by atoms with Crippen LogP contribution >= 0.6 is 11.3 Å². The van der Waals surface area contributed by atoms with Crippen LogP contribution in [0.2, 0.25) is 0 Å². The molecule has 1 aliphatic heterocycles. The van der Waals surface area contributed by atoms with Gasteiger partial charge < -0.3 is 15.0 Å². The second-order valence-electron chi connectivity index (χ2n) is 6.15. The number of anilines is 1. The van der Waals surface area contributed by atoms with Crippen LogP contribution in [-0.4, -0.2) is 41.1 Å². The summed E-state index contributed by atoms with van der Waals surface area (Å²) in [4.78, 5) is 12.3. The summed E-state index contributed by atoms with van der Waals surface area (Å²) in [7, 11) is 2.15. The van der Waals surface area contributed by atoms with Gasteiger partial charge in [0.25, 0.3) is 0 Å². The quantitative estimate of drug-likeness (QED) is 0.908. The van der Waals surface area contributed by atoms with E-state index in [1.807, 2.05) is 31.5 Å². The Balaban J connectivity index is 1.54. The van der Waals surface area contributed by atoms with Crippen LogP contribution < -0.4 is 10.1 Å². The van der Waals surface area contributed by atoms with Crippen LogP contribution in [0, 0.1) is 6.92 Å². The molecule has 1 fully saturated rings. The molecule has 6 heteroatoms. The Bertz CT molecular complexity index is 620. The average molecular weight is 332 g/mol. The molecule has 1 N–H and O–H groups in total. The zero-order valence-electron chi connectivity index (χ0n) is 14.0. The Morgan fingerprint density at radius 3 is 2.65 bits per heavy atom. The number of aromatic nitrogens is 2. The Labute approximate surface area is 141 Å². The summed E-state index contributed by atoms with van der Waals surface area (Å²) < 4.78 is 5.98. The van der Waals surface area contributed by atoms with Crippen molar-refractivity contribution in [2.45, 2.75) is 38.8 Å². The van der Waals surface area contributed by atoms with E-state index in [0.717, 1.165) is 36.6 Å². The summed E-state index contributed by atoms with van der Waals surface area (Å²) in [6.07, 6.45) is 6.20. The van der Waals surface area contributed by atoms with Crippen LogP contribution in [0.15, 0.2) is 24.5 Å². The van der Waals surface area contributed by atoms with Crippen LogP contribution in [0.25, 0.3) is 0 Å². The third kappa shape index (κ3) is 4.42. The molecular formula is C17H24N4OS. The number of aryl methyl sites for hydroxylation is 1. The third-order valence-electron chi connectivity index (χ3n) is 4.14. The minimum Gasteiger partial charge on any atom is -0.474 e. The smallest absolute Gasteiger partial charge is 0.213 e. The fourth-order valence-electron chi connectivity index (χ4n) is 2.71. The maximum absolute atomic E-state index is 5.98. The van der Waals surface area contributed by atoms with E-state index in [2.05, 4.69) is 34.2 Å². The van der Waals surface area contributed by atoms with E-state index in [9.17, 15) is 0 Å². The van der Waals surface area contributed by atoms with Crippen molar-refractivity contribution in [3.05, 3.63) is 34.4 Å². The molecule has 2 aromatic heterocycles. The van der Waals surface area contributed by atoms with Crippen molar-refractivity contribution < 1.29 is 4.74 Å². The van der Waals surface area contributed by atoms with E-state index in [4.69, 9.17) is 4.74 Å². The first-order valence-corrected chi connectivity index (χ1v) is 8.92. The van der Waals surface area contributed by atoms with Gasteiger partial charge in [-0.3, -0.25) is 0 Å². The van der Waals surface area contributed by atoms with Crippen LogP contribution in [0.1, 0.15) is 35.7 Å². The number of piperidine rings is 1. The number of hydrogen-bond donors (Lipinski definition) is 1. The summed E-state index contributed by atoms with van der Waals surface area (Å²) in [6.45, 7) is 6.35. The monoisotopic (exact) mass is 332 g/mol. The number of pyridine rings is 1. The van der Waals surface area contributed by atoms with Crippen molar-refractivity contribution in [3.8, 4) is 5.88 Å². The Kier molecular flexibility index (Phi) is 5.13. The molecule has 5 nitrogen and oxygen atoms in total. The molecule has 0 unspecified atom stereocenters. The van der Waals surface area contributed by atoms with Crippen molar-refractivity contribution in [1.82, 2.24) is 14.9 Å². The van der Waals surface area contributed by atoms with Crippen molar-refractivity contribution in [1.29, 1.82) is 0 Å². The number of rotatable bonds is 5. The lowest BCUT2D eigenvalue weighted by molar-refractivity contribution is 0.110. The normalized spacial score (nSPS) is 17.9. The summed E-state index contributed by atoms with van der Waals surface area (Å²) in [6, 6.07) is 4.20. The second kappa shape index (κ2) is 7.27. The van der Waals surface area contributed by atoms with Crippen LogP contribution in [0.5, 0.6) is 5.88 Å². The van der Waals surface area contributed by atoms with Gasteiger partial charge in [0.2, 0.25) is 5.88 Å². The molecule has 0 spiro atoms. The zero-order chi connectivity index (χ0) is 16.2. The van der Waals surface area contributed by atoms with Gasteiger partial charge in [-0.05, 0) is 39.8 Å². The number of likely N-dealkylation sites (tertiary alicyclic amines) is 1. The summed E-state index contributed by atoms with van der Waals surface area (Å²) >= 11 is 1.72. The molecule has 23 heavy (non-hydrogen) atoms. The summed E-state index contributed by atoms with van der Waals surface area (Å²) in [5.41, 5.74) is 0.999. The molecule has 1 saturated heterocycles. The van der Waals surface area contributed by atoms with Crippen molar-refractivity contribution in [2.24, 2.45) is 0 Å². The zero-order valence-corrected chi connectivity index (χ0v) is 14.8. The molecule has 0 radical (unpaired) electrons. The summed E-state index contributed by atoms with van der Waals surface area (Å²) in [5, 5.41) is 4.55. The number of ether oxygens (including phenoxy) is 1. The molecule has 1 aliphatic rings. The van der Waals surface area contributed by atoms with Gasteiger partial charge in [-0.2, -0.15) is 0 Å². The van der Waals surface area contributed by atoms with E-state index >= 15 is 0 Å². The molecule has 124 valence electrons. The van der Waals surface area contributed by atoms with E-state index < -0.39 is 0 Å². The first-order valence-electron chi connectivity index (χ1n) is 8.10. The molecule has 0 saturated carbocycles. The summed E-state index contributed by atoms with van der Waals surface area (Å²) in [5.74, 6) is 0.714. The maximum atomic E-state index is 5.98. The van der Waals surface area contributed by atoms with Gasteiger partial charge in [-0.25, -0.2) is 9.97 Å². The van der Waals surface area contributed by atoms with E-state index in [1.54, 1.807) is 11.3 Å². The van der Waals surface area contributed by atoms with Crippen LogP contribution in [0.4, 0.5) is 5.69 Å². The third-order valence-corrected chi connectivity index (χ3v) is 5.23. The fraction of sp³-hybridized carbons (Fsp3) is 0.529. The number of nitrogens with zero attached hydrogens (tertiary/aromatic N) is 3. The number of thiazole rings is 1. The van der Waals surface area contributed by atoms with Crippen LogP contribution in [-0.2, 0) is 0 Å². The van der Waals surface area contributed by atoms with Crippen molar-refractivity contribution in [3.63, 3.8) is 0 Å². The van der Waals surface area contributed by atoms with Gasteiger partial charge in [0, 0.05) is 30.2 Å². The van der Waals surface area contributed by atoms with Gasteiger partial charge in [0.1, 0.15) is 6.10 Å². The lowest BCUT2D eigenvalue weighted by Gasteiger charge is -2.28. The SMILES string of the molecule is Cc1ncc([C@@H](C)Nc2ccc(OC3CCN(C)CC3)nc2)s1. The van der Waals surface area contributed by atoms with Gasteiger partial charge in [0.05, 0.1) is 22.9 Å². The molecule has 0 bridgehead atoms. The Hall–Kier alpha value is -1.66.